The average Bonchev–Trinajstić information content (AvgIpc) is 3.46. The molecule has 7 nitrogen and oxygen atoms in total. The van der Waals surface area contributed by atoms with Gasteiger partial charge in [-0.2, -0.15) is 0 Å². The fraction of sp³-hybridized carbons (Fsp3) is 0.179. The summed E-state index contributed by atoms with van der Waals surface area (Å²) in [5, 5.41) is 0.919. The van der Waals surface area contributed by atoms with E-state index in [0.29, 0.717) is 34.0 Å². The highest BCUT2D eigenvalue weighted by molar-refractivity contribution is 7.22. The van der Waals surface area contributed by atoms with E-state index in [1.165, 1.54) is 11.3 Å². The van der Waals surface area contributed by atoms with E-state index in [9.17, 15) is 9.59 Å². The van der Waals surface area contributed by atoms with Gasteiger partial charge in [0.25, 0.3) is 5.91 Å². The summed E-state index contributed by atoms with van der Waals surface area (Å²) in [5.74, 6) is 1.09. The summed E-state index contributed by atoms with van der Waals surface area (Å²) in [5.41, 5.74) is 1.99. The molecule has 1 aliphatic heterocycles. The van der Waals surface area contributed by atoms with Crippen LogP contribution in [0.3, 0.4) is 0 Å². The molecule has 0 saturated heterocycles. The van der Waals surface area contributed by atoms with Gasteiger partial charge < -0.3 is 13.9 Å². The molecule has 0 saturated carbocycles. The first kappa shape index (κ1) is 22.3. The molecule has 180 valence electrons. The number of hydrogen-bond acceptors (Lipinski definition) is 7. The van der Waals surface area contributed by atoms with Crippen LogP contribution in [0.15, 0.2) is 75.9 Å². The van der Waals surface area contributed by atoms with E-state index in [4.69, 9.17) is 18.9 Å². The number of para-hydroxylation sites is 1. The highest BCUT2D eigenvalue weighted by atomic mass is 32.1. The molecule has 8 heteroatoms. The number of ether oxygens (including phenoxy) is 2. The van der Waals surface area contributed by atoms with Crippen LogP contribution in [-0.4, -0.2) is 24.6 Å². The Labute approximate surface area is 210 Å². The first-order valence-electron chi connectivity index (χ1n) is 11.7. The van der Waals surface area contributed by atoms with Gasteiger partial charge in [0.2, 0.25) is 5.76 Å². The lowest BCUT2D eigenvalue weighted by molar-refractivity contribution is 0.0971. The topological polar surface area (TPSA) is 81.9 Å². The number of aromatic nitrogens is 1. The zero-order valence-electron chi connectivity index (χ0n) is 19.7. The van der Waals surface area contributed by atoms with E-state index in [1.807, 2.05) is 49.4 Å². The van der Waals surface area contributed by atoms with Crippen LogP contribution in [0.4, 0.5) is 5.13 Å². The summed E-state index contributed by atoms with van der Waals surface area (Å²) in [6.45, 7) is 2.66. The second-order valence-electron chi connectivity index (χ2n) is 8.50. The zero-order chi connectivity index (χ0) is 24.8. The Kier molecular flexibility index (Phi) is 5.45. The Morgan fingerprint density at radius 2 is 1.81 bits per heavy atom. The number of fused-ring (bicyclic) bond motifs is 3. The van der Waals surface area contributed by atoms with Gasteiger partial charge in [0.1, 0.15) is 17.1 Å². The Bertz CT molecular complexity index is 1670. The first-order valence-corrected chi connectivity index (χ1v) is 12.5. The van der Waals surface area contributed by atoms with E-state index >= 15 is 0 Å². The Balaban J connectivity index is 1.55. The summed E-state index contributed by atoms with van der Waals surface area (Å²) in [7, 11) is 1.61. The van der Waals surface area contributed by atoms with Crippen molar-refractivity contribution in [2.75, 3.05) is 18.6 Å². The molecule has 0 spiro atoms. The highest BCUT2D eigenvalue weighted by Gasteiger charge is 2.45. The molecule has 2 aromatic heterocycles. The van der Waals surface area contributed by atoms with E-state index < -0.39 is 11.9 Å². The quantitative estimate of drug-likeness (QED) is 0.288. The number of hydrogen-bond donors (Lipinski definition) is 0. The lowest BCUT2D eigenvalue weighted by Crippen LogP contribution is -2.29. The average molecular weight is 499 g/mol. The number of anilines is 1. The molecule has 0 aliphatic carbocycles. The van der Waals surface area contributed by atoms with Gasteiger partial charge in [0.05, 0.1) is 40.9 Å². The van der Waals surface area contributed by atoms with Gasteiger partial charge >= 0.3 is 0 Å². The molecular formula is C28H22N2O5S. The van der Waals surface area contributed by atoms with Crippen LogP contribution in [0.1, 0.15) is 41.1 Å². The van der Waals surface area contributed by atoms with Gasteiger partial charge in [-0.15, -0.1) is 0 Å². The standard InChI is InChI=1S/C28H22N2O5S/c1-3-14-34-17-10-8-16(9-11-17)24-23-25(31)19-6-4-5-7-21(19)35-26(23)27(32)30(24)28-29-20-13-12-18(33-2)15-22(20)36-28/h4-13,15,24H,3,14H2,1-2H3/t24-/m0/s1. The maximum atomic E-state index is 13.8. The number of thiazole rings is 1. The van der Waals surface area contributed by atoms with Crippen LogP contribution in [0.2, 0.25) is 0 Å². The molecule has 1 amide bonds. The summed E-state index contributed by atoms with van der Waals surface area (Å²) >= 11 is 1.37. The number of rotatable bonds is 6. The SMILES string of the molecule is CCCOc1ccc([C@H]2c3c(oc4ccccc4c3=O)C(=O)N2c2nc3ccc(OC)cc3s2)cc1. The molecule has 1 aliphatic rings. The Morgan fingerprint density at radius 1 is 1.03 bits per heavy atom. The lowest BCUT2D eigenvalue weighted by atomic mass is 9.98. The van der Waals surface area contributed by atoms with E-state index in [2.05, 4.69) is 0 Å². The maximum Gasteiger partial charge on any atom is 0.297 e. The van der Waals surface area contributed by atoms with Crippen LogP contribution in [0.25, 0.3) is 21.2 Å². The number of nitrogens with zero attached hydrogens (tertiary/aromatic N) is 2. The van der Waals surface area contributed by atoms with Gasteiger partial charge in [-0.1, -0.05) is 42.5 Å². The highest BCUT2D eigenvalue weighted by Crippen LogP contribution is 2.44. The van der Waals surface area contributed by atoms with Gasteiger partial charge in [0.15, 0.2) is 10.6 Å². The summed E-state index contributed by atoms with van der Waals surface area (Å²) < 4.78 is 18.0. The second-order valence-corrected chi connectivity index (χ2v) is 9.50. The van der Waals surface area contributed by atoms with Crippen molar-refractivity contribution in [2.45, 2.75) is 19.4 Å². The molecule has 0 radical (unpaired) electrons. The van der Waals surface area contributed by atoms with Gasteiger partial charge in [-0.3, -0.25) is 14.5 Å². The molecule has 1 atom stereocenters. The Hall–Kier alpha value is -4.17. The minimum Gasteiger partial charge on any atom is -0.497 e. The fourth-order valence-corrected chi connectivity index (χ4v) is 5.54. The van der Waals surface area contributed by atoms with Crippen molar-refractivity contribution in [3.05, 3.63) is 93.8 Å². The van der Waals surface area contributed by atoms with Crippen LogP contribution < -0.4 is 19.8 Å². The molecule has 36 heavy (non-hydrogen) atoms. The first-order chi connectivity index (χ1) is 17.6. The maximum absolute atomic E-state index is 13.8. The molecule has 5 aromatic rings. The summed E-state index contributed by atoms with van der Waals surface area (Å²) in [6, 6.07) is 19.4. The third-order valence-corrected chi connectivity index (χ3v) is 7.25. The van der Waals surface area contributed by atoms with Crippen molar-refractivity contribution >= 4 is 43.6 Å². The van der Waals surface area contributed by atoms with E-state index in [-0.39, 0.29) is 11.2 Å². The number of carbonyl (C=O) groups excluding carboxylic acids is 1. The predicted octanol–water partition coefficient (Wildman–Crippen LogP) is 5.95. The molecule has 3 heterocycles. The normalized spacial score (nSPS) is 15.0. The number of amides is 1. The predicted molar refractivity (Wildman–Crippen MR) is 140 cm³/mol. The number of benzene rings is 3. The molecule has 0 unspecified atom stereocenters. The Morgan fingerprint density at radius 3 is 2.58 bits per heavy atom. The minimum atomic E-state index is -0.684. The molecule has 0 N–H and O–H groups in total. The lowest BCUT2D eigenvalue weighted by Gasteiger charge is -2.22. The summed E-state index contributed by atoms with van der Waals surface area (Å²) in [4.78, 5) is 33.8. The molecule has 0 bridgehead atoms. The molecular weight excluding hydrogens is 476 g/mol. The smallest absolute Gasteiger partial charge is 0.297 e. The van der Waals surface area contributed by atoms with Crippen molar-refractivity contribution in [1.29, 1.82) is 0 Å². The van der Waals surface area contributed by atoms with Crippen molar-refractivity contribution in [1.82, 2.24) is 4.98 Å². The van der Waals surface area contributed by atoms with Crippen molar-refractivity contribution in [3.8, 4) is 11.5 Å². The monoisotopic (exact) mass is 498 g/mol. The third kappa shape index (κ3) is 3.53. The van der Waals surface area contributed by atoms with E-state index in [0.717, 1.165) is 28.0 Å². The largest absolute Gasteiger partial charge is 0.497 e. The number of carbonyl (C=O) groups is 1. The molecule has 3 aromatic carbocycles. The van der Waals surface area contributed by atoms with Crippen molar-refractivity contribution in [2.24, 2.45) is 0 Å². The molecule has 6 rings (SSSR count). The zero-order valence-corrected chi connectivity index (χ0v) is 20.5. The third-order valence-electron chi connectivity index (χ3n) is 6.24. The molecule has 0 fully saturated rings. The van der Waals surface area contributed by atoms with Crippen LogP contribution in [-0.2, 0) is 0 Å². The fourth-order valence-electron chi connectivity index (χ4n) is 4.52. The van der Waals surface area contributed by atoms with E-state index in [1.54, 1.807) is 36.3 Å². The van der Waals surface area contributed by atoms with Crippen LogP contribution >= 0.6 is 11.3 Å². The van der Waals surface area contributed by atoms with Crippen molar-refractivity contribution in [3.63, 3.8) is 0 Å². The summed E-state index contributed by atoms with van der Waals surface area (Å²) in [6.07, 6.45) is 0.899. The van der Waals surface area contributed by atoms with Crippen LogP contribution in [0, 0.1) is 0 Å². The number of methoxy groups -OCH3 is 1. The van der Waals surface area contributed by atoms with Gasteiger partial charge in [0, 0.05) is 0 Å². The van der Waals surface area contributed by atoms with Crippen LogP contribution in [0.5, 0.6) is 11.5 Å². The van der Waals surface area contributed by atoms with Gasteiger partial charge in [-0.05, 0) is 54.4 Å². The second kappa shape index (κ2) is 8.80. The van der Waals surface area contributed by atoms with Gasteiger partial charge in [-0.25, -0.2) is 4.98 Å². The minimum absolute atomic E-state index is 0.0480. The van der Waals surface area contributed by atoms with Crippen molar-refractivity contribution < 1.29 is 18.7 Å².